The van der Waals surface area contributed by atoms with Gasteiger partial charge in [0.15, 0.2) is 6.61 Å². The Kier molecular flexibility index (Phi) is 7.32. The van der Waals surface area contributed by atoms with Crippen LogP contribution in [0.3, 0.4) is 0 Å². The number of hydrogen-bond acceptors (Lipinski definition) is 5. The molecule has 1 aromatic carbocycles. The molecule has 0 bridgehead atoms. The van der Waals surface area contributed by atoms with Crippen LogP contribution in [0.25, 0.3) is 0 Å². The molecule has 3 rings (SSSR count). The summed E-state index contributed by atoms with van der Waals surface area (Å²) >= 11 is 3.91. The molecule has 1 aromatic rings. The maximum atomic E-state index is 12.2. The number of carbonyl (C=O) groups excluding carboxylic acids is 2. The van der Waals surface area contributed by atoms with Crippen LogP contribution in [0.5, 0.6) is 0 Å². The lowest BCUT2D eigenvalue weighted by Crippen LogP contribution is -2.42. The summed E-state index contributed by atoms with van der Waals surface area (Å²) in [6.07, 6.45) is 5.81. The van der Waals surface area contributed by atoms with Crippen molar-refractivity contribution < 1.29 is 14.3 Å². The zero-order valence-electron chi connectivity index (χ0n) is 15.2. The van der Waals surface area contributed by atoms with E-state index >= 15 is 0 Å². The molecule has 1 saturated heterocycles. The van der Waals surface area contributed by atoms with E-state index in [-0.39, 0.29) is 18.6 Å². The molecule has 0 unspecified atom stereocenters. The van der Waals surface area contributed by atoms with E-state index in [1.807, 2.05) is 35.7 Å². The summed E-state index contributed by atoms with van der Waals surface area (Å²) in [6, 6.07) is 7.80. The Morgan fingerprint density at radius 3 is 2.46 bits per heavy atom. The second-order valence-electron chi connectivity index (χ2n) is 7.06. The van der Waals surface area contributed by atoms with Crippen molar-refractivity contribution >= 4 is 35.4 Å². The second-order valence-corrected chi connectivity index (χ2v) is 9.79. The highest BCUT2D eigenvalue weighted by Gasteiger charge is 2.23. The minimum atomic E-state index is -0.438. The van der Waals surface area contributed by atoms with Gasteiger partial charge in [-0.05, 0) is 54.4 Å². The maximum absolute atomic E-state index is 12.2. The Labute approximate surface area is 164 Å². The topological polar surface area (TPSA) is 55.4 Å². The Bertz CT molecular complexity index is 614. The van der Waals surface area contributed by atoms with Crippen LogP contribution in [0.2, 0.25) is 0 Å². The smallest absolute Gasteiger partial charge is 0.338 e. The maximum Gasteiger partial charge on any atom is 0.338 e. The number of carbonyl (C=O) groups is 2. The molecule has 0 aromatic heterocycles. The van der Waals surface area contributed by atoms with E-state index in [0.29, 0.717) is 16.1 Å². The van der Waals surface area contributed by atoms with Crippen LogP contribution in [0.1, 0.15) is 59.5 Å². The van der Waals surface area contributed by atoms with Crippen LogP contribution in [0.15, 0.2) is 24.3 Å². The first-order valence-electron chi connectivity index (χ1n) is 9.43. The molecule has 1 aliphatic heterocycles. The zero-order valence-corrected chi connectivity index (χ0v) is 16.9. The number of rotatable bonds is 5. The summed E-state index contributed by atoms with van der Waals surface area (Å²) in [5.74, 6) is 2.23. The fourth-order valence-electron chi connectivity index (χ4n) is 3.45. The lowest BCUT2D eigenvalue weighted by Gasteiger charge is -2.29. The molecule has 6 heteroatoms. The third-order valence-corrected chi connectivity index (χ3v) is 8.05. The normalized spacial score (nSPS) is 24.0. The van der Waals surface area contributed by atoms with Gasteiger partial charge in [0.05, 0.1) is 10.1 Å². The van der Waals surface area contributed by atoms with Crippen LogP contribution >= 0.6 is 23.5 Å². The Balaban J connectivity index is 1.46. The Morgan fingerprint density at radius 1 is 1.08 bits per heavy atom. The number of ether oxygens (including phenoxy) is 1. The number of amides is 1. The van der Waals surface area contributed by atoms with Crippen molar-refractivity contribution in [3.63, 3.8) is 0 Å². The Morgan fingerprint density at radius 2 is 1.77 bits per heavy atom. The van der Waals surface area contributed by atoms with Crippen LogP contribution in [0.4, 0.5) is 0 Å². The van der Waals surface area contributed by atoms with Crippen LogP contribution in [0, 0.1) is 5.92 Å². The van der Waals surface area contributed by atoms with Crippen molar-refractivity contribution in [3.05, 3.63) is 35.4 Å². The summed E-state index contributed by atoms with van der Waals surface area (Å²) in [4.78, 5) is 24.2. The molecule has 2 aliphatic rings. The molecular weight excluding hydrogens is 366 g/mol. The summed E-state index contributed by atoms with van der Waals surface area (Å²) in [6.45, 7) is 1.96. The second kappa shape index (κ2) is 9.70. The van der Waals surface area contributed by atoms with E-state index < -0.39 is 5.97 Å². The predicted molar refractivity (Wildman–Crippen MR) is 109 cm³/mol. The fraction of sp³-hybridized carbons (Fsp3) is 0.600. The third kappa shape index (κ3) is 5.43. The van der Waals surface area contributed by atoms with Gasteiger partial charge in [0.1, 0.15) is 0 Å². The molecule has 26 heavy (non-hydrogen) atoms. The molecule has 2 fully saturated rings. The standard InChI is InChI=1S/C20H27NO3S2/c1-14-5-2-3-6-17(14)21-18(22)13-24-19(23)15-7-9-16(10-8-15)20-25-11-4-12-26-20/h7-10,14,17,20H,2-6,11-13H2,1H3,(H,21,22)/t14-,17-/m0/s1. The van der Waals surface area contributed by atoms with E-state index in [0.717, 1.165) is 19.3 Å². The van der Waals surface area contributed by atoms with E-state index in [4.69, 9.17) is 4.74 Å². The van der Waals surface area contributed by atoms with Crippen molar-refractivity contribution in [1.82, 2.24) is 5.32 Å². The average Bonchev–Trinajstić information content (AvgIpc) is 2.69. The summed E-state index contributed by atoms with van der Waals surface area (Å²) < 4.78 is 5.65. The van der Waals surface area contributed by atoms with Crippen molar-refractivity contribution in [1.29, 1.82) is 0 Å². The number of hydrogen-bond donors (Lipinski definition) is 1. The lowest BCUT2D eigenvalue weighted by atomic mass is 9.86. The number of benzene rings is 1. The van der Waals surface area contributed by atoms with Crippen molar-refractivity contribution in [3.8, 4) is 0 Å². The van der Waals surface area contributed by atoms with Gasteiger partial charge >= 0.3 is 5.97 Å². The molecule has 4 nitrogen and oxygen atoms in total. The zero-order chi connectivity index (χ0) is 18.4. The third-order valence-electron chi connectivity index (χ3n) is 5.04. The van der Waals surface area contributed by atoms with Gasteiger partial charge in [-0.1, -0.05) is 31.9 Å². The summed E-state index contributed by atoms with van der Waals surface area (Å²) in [7, 11) is 0. The van der Waals surface area contributed by atoms with Gasteiger partial charge in [0.25, 0.3) is 5.91 Å². The summed E-state index contributed by atoms with van der Waals surface area (Å²) in [5.41, 5.74) is 1.73. The Hall–Kier alpha value is -1.14. The van der Waals surface area contributed by atoms with E-state index in [2.05, 4.69) is 12.2 Å². The molecule has 0 spiro atoms. The molecule has 0 radical (unpaired) electrons. The first kappa shape index (κ1) is 19.6. The molecule has 1 aliphatic carbocycles. The van der Waals surface area contributed by atoms with Crippen LogP contribution < -0.4 is 5.32 Å². The highest BCUT2D eigenvalue weighted by atomic mass is 32.2. The summed E-state index contributed by atoms with van der Waals surface area (Å²) in [5, 5.41) is 3.01. The molecule has 1 amide bonds. The van der Waals surface area contributed by atoms with E-state index in [1.165, 1.54) is 29.9 Å². The molecule has 2 atom stereocenters. The quantitative estimate of drug-likeness (QED) is 0.751. The predicted octanol–water partition coefficient (Wildman–Crippen LogP) is 4.41. The highest BCUT2D eigenvalue weighted by Crippen LogP contribution is 2.43. The van der Waals surface area contributed by atoms with Crippen molar-refractivity contribution in [2.24, 2.45) is 5.92 Å². The van der Waals surface area contributed by atoms with Crippen molar-refractivity contribution in [2.45, 2.75) is 49.7 Å². The molecule has 142 valence electrons. The van der Waals surface area contributed by atoms with E-state index in [9.17, 15) is 9.59 Å². The first-order chi connectivity index (χ1) is 12.6. The van der Waals surface area contributed by atoms with Crippen molar-refractivity contribution in [2.75, 3.05) is 18.1 Å². The number of esters is 1. The van der Waals surface area contributed by atoms with Gasteiger partial charge in [-0.2, -0.15) is 0 Å². The monoisotopic (exact) mass is 393 g/mol. The van der Waals surface area contributed by atoms with Gasteiger partial charge in [-0.15, -0.1) is 23.5 Å². The number of thioether (sulfide) groups is 2. The van der Waals surface area contributed by atoms with E-state index in [1.54, 1.807) is 12.1 Å². The first-order valence-corrected chi connectivity index (χ1v) is 11.5. The fourth-order valence-corrected chi connectivity index (χ4v) is 6.34. The largest absolute Gasteiger partial charge is 0.452 e. The minimum absolute atomic E-state index is 0.205. The van der Waals surface area contributed by atoms with Gasteiger partial charge < -0.3 is 10.1 Å². The molecule has 1 saturated carbocycles. The van der Waals surface area contributed by atoms with Gasteiger partial charge in [-0.25, -0.2) is 4.79 Å². The van der Waals surface area contributed by atoms with Gasteiger partial charge in [-0.3, -0.25) is 4.79 Å². The number of nitrogens with one attached hydrogen (secondary N) is 1. The minimum Gasteiger partial charge on any atom is -0.452 e. The van der Waals surface area contributed by atoms with Gasteiger partial charge in [0, 0.05) is 6.04 Å². The molecule has 1 N–H and O–H groups in total. The molecular formula is C20H27NO3S2. The average molecular weight is 394 g/mol. The van der Waals surface area contributed by atoms with Gasteiger partial charge in [0.2, 0.25) is 0 Å². The highest BCUT2D eigenvalue weighted by molar-refractivity contribution is 8.16. The van der Waals surface area contributed by atoms with Crippen LogP contribution in [-0.2, 0) is 9.53 Å². The molecule has 1 heterocycles. The lowest BCUT2D eigenvalue weighted by molar-refractivity contribution is -0.125. The SMILES string of the molecule is C[C@H]1CCCC[C@@H]1NC(=O)COC(=O)c1ccc(C2SCCCS2)cc1. The van der Waals surface area contributed by atoms with Crippen LogP contribution in [-0.4, -0.2) is 36.0 Å².